The zero-order valence-corrected chi connectivity index (χ0v) is 17.2. The van der Waals surface area contributed by atoms with Gasteiger partial charge in [0.25, 0.3) is 11.8 Å². The number of benzene rings is 3. The van der Waals surface area contributed by atoms with Gasteiger partial charge in [-0.2, -0.15) is 0 Å². The number of anilines is 1. The highest BCUT2D eigenvalue weighted by molar-refractivity contribution is 8.01. The van der Waals surface area contributed by atoms with Crippen LogP contribution in [0.2, 0.25) is 0 Å². The number of rotatable bonds is 3. The molecule has 7 heteroatoms. The Labute approximate surface area is 182 Å². The fourth-order valence-electron chi connectivity index (χ4n) is 4.29. The number of carbonyl (C=O) groups excluding carboxylic acids is 2. The van der Waals surface area contributed by atoms with Crippen LogP contribution in [0, 0.1) is 11.6 Å². The first-order chi connectivity index (χ1) is 15.0. The van der Waals surface area contributed by atoms with Gasteiger partial charge in [0.15, 0.2) is 4.87 Å². The predicted molar refractivity (Wildman–Crippen MR) is 116 cm³/mol. The van der Waals surface area contributed by atoms with E-state index >= 15 is 0 Å². The molecule has 2 aliphatic heterocycles. The summed E-state index contributed by atoms with van der Waals surface area (Å²) in [5, 5.41) is 0. The summed E-state index contributed by atoms with van der Waals surface area (Å²) in [5.74, 6) is -1.54. The summed E-state index contributed by atoms with van der Waals surface area (Å²) in [7, 11) is 0. The lowest BCUT2D eigenvalue weighted by atomic mass is 10.0. The van der Waals surface area contributed by atoms with E-state index in [4.69, 9.17) is 0 Å². The molecular formula is C24H18F2N2O2S. The van der Waals surface area contributed by atoms with Crippen molar-refractivity contribution >= 4 is 29.3 Å². The van der Waals surface area contributed by atoms with Crippen molar-refractivity contribution in [2.75, 3.05) is 17.2 Å². The van der Waals surface area contributed by atoms with Crippen molar-refractivity contribution in [3.63, 3.8) is 0 Å². The van der Waals surface area contributed by atoms with Crippen LogP contribution in [0.25, 0.3) is 0 Å². The van der Waals surface area contributed by atoms with Crippen LogP contribution in [0.5, 0.6) is 0 Å². The quantitative estimate of drug-likeness (QED) is 0.605. The molecule has 1 spiro atoms. The van der Waals surface area contributed by atoms with E-state index in [1.165, 1.54) is 47.0 Å². The standard InChI is InChI=1S/C24H18F2N2O2S/c25-17-10-11-21-19(14-17)24(23(30)27(21)15-16-6-2-1-3-7-16)28(12-13-31-24)22(29)18-8-4-5-9-20(18)26/h1-11,14H,12-13,15H2. The van der Waals surface area contributed by atoms with Gasteiger partial charge >= 0.3 is 0 Å². The highest BCUT2D eigenvalue weighted by atomic mass is 32.2. The second-order valence-electron chi connectivity index (χ2n) is 7.47. The number of halogens is 2. The van der Waals surface area contributed by atoms with Gasteiger partial charge in [0, 0.05) is 17.9 Å². The second-order valence-corrected chi connectivity index (χ2v) is 8.76. The van der Waals surface area contributed by atoms with Crippen LogP contribution < -0.4 is 4.90 Å². The molecule has 0 saturated carbocycles. The van der Waals surface area contributed by atoms with E-state index in [0.717, 1.165) is 5.56 Å². The number of thioether (sulfide) groups is 1. The van der Waals surface area contributed by atoms with Crippen molar-refractivity contribution in [3.8, 4) is 0 Å². The minimum absolute atomic E-state index is 0.100. The van der Waals surface area contributed by atoms with Crippen molar-refractivity contribution < 1.29 is 18.4 Å². The number of hydrogen-bond acceptors (Lipinski definition) is 3. The normalized spacial score (nSPS) is 19.9. The largest absolute Gasteiger partial charge is 0.311 e. The molecule has 1 saturated heterocycles. The van der Waals surface area contributed by atoms with Crippen LogP contribution in [0.1, 0.15) is 21.5 Å². The Hall–Kier alpha value is -3.19. The molecule has 5 rings (SSSR count). The third-order valence-electron chi connectivity index (χ3n) is 5.69. The Kier molecular flexibility index (Phi) is 4.78. The molecule has 2 heterocycles. The zero-order valence-electron chi connectivity index (χ0n) is 16.4. The maximum Gasteiger partial charge on any atom is 0.268 e. The van der Waals surface area contributed by atoms with Crippen LogP contribution in [0.3, 0.4) is 0 Å². The van der Waals surface area contributed by atoms with Gasteiger partial charge in [0.1, 0.15) is 11.6 Å². The average molecular weight is 436 g/mol. The SMILES string of the molecule is O=C(c1ccccc1F)N1CCSC12C(=O)N(Cc1ccccc1)c1ccc(F)cc12. The summed E-state index contributed by atoms with van der Waals surface area (Å²) in [4.78, 5) is 28.7. The van der Waals surface area contributed by atoms with Crippen LogP contribution in [0.4, 0.5) is 14.5 Å². The summed E-state index contributed by atoms with van der Waals surface area (Å²) in [6.45, 7) is 0.557. The van der Waals surface area contributed by atoms with E-state index in [9.17, 15) is 18.4 Å². The Morgan fingerprint density at radius 2 is 1.74 bits per heavy atom. The molecule has 1 unspecified atom stereocenters. The summed E-state index contributed by atoms with van der Waals surface area (Å²) in [6.07, 6.45) is 0. The lowest BCUT2D eigenvalue weighted by Crippen LogP contribution is -2.50. The van der Waals surface area contributed by atoms with Gasteiger partial charge in [-0.15, -0.1) is 11.8 Å². The van der Waals surface area contributed by atoms with Crippen LogP contribution in [-0.2, 0) is 16.2 Å². The molecular weight excluding hydrogens is 418 g/mol. The molecule has 4 nitrogen and oxygen atoms in total. The second kappa shape index (κ2) is 7.50. The van der Waals surface area contributed by atoms with Crippen LogP contribution in [0.15, 0.2) is 72.8 Å². The monoisotopic (exact) mass is 436 g/mol. The van der Waals surface area contributed by atoms with E-state index in [2.05, 4.69) is 0 Å². The van der Waals surface area contributed by atoms with E-state index in [0.29, 0.717) is 23.5 Å². The van der Waals surface area contributed by atoms with Gasteiger partial charge in [-0.05, 0) is 35.9 Å². The molecule has 0 N–H and O–H groups in total. The number of fused-ring (bicyclic) bond motifs is 2. The summed E-state index contributed by atoms with van der Waals surface area (Å²) >= 11 is 1.29. The highest BCUT2D eigenvalue weighted by Gasteiger charge is 2.59. The Balaban J connectivity index is 1.62. The summed E-state index contributed by atoms with van der Waals surface area (Å²) in [6, 6.07) is 19.4. The first-order valence-corrected chi connectivity index (χ1v) is 10.9. The Bertz CT molecular complexity index is 1190. The van der Waals surface area contributed by atoms with E-state index < -0.39 is 22.4 Å². The van der Waals surface area contributed by atoms with Gasteiger partial charge in [0.2, 0.25) is 0 Å². The van der Waals surface area contributed by atoms with Gasteiger partial charge in [-0.25, -0.2) is 8.78 Å². The van der Waals surface area contributed by atoms with Crippen molar-refractivity contribution in [1.29, 1.82) is 0 Å². The number of hydrogen-bond donors (Lipinski definition) is 0. The van der Waals surface area contributed by atoms with E-state index in [-0.39, 0.29) is 18.0 Å². The third-order valence-corrected chi connectivity index (χ3v) is 7.11. The highest BCUT2D eigenvalue weighted by Crippen LogP contribution is 2.55. The molecule has 1 fully saturated rings. The predicted octanol–water partition coefficient (Wildman–Crippen LogP) is 4.55. The van der Waals surface area contributed by atoms with Crippen molar-refractivity contribution in [1.82, 2.24) is 4.90 Å². The minimum Gasteiger partial charge on any atom is -0.311 e. The van der Waals surface area contributed by atoms with Gasteiger partial charge in [-0.1, -0.05) is 42.5 Å². The molecule has 2 aliphatic rings. The fourth-order valence-corrected chi connectivity index (χ4v) is 5.74. The van der Waals surface area contributed by atoms with E-state index in [1.807, 2.05) is 30.3 Å². The van der Waals surface area contributed by atoms with E-state index in [1.54, 1.807) is 17.0 Å². The molecule has 3 aromatic rings. The fraction of sp³-hybridized carbons (Fsp3) is 0.167. The molecule has 0 aromatic heterocycles. The average Bonchev–Trinajstić information content (AvgIpc) is 3.32. The summed E-state index contributed by atoms with van der Waals surface area (Å²) < 4.78 is 28.7. The van der Waals surface area contributed by atoms with Gasteiger partial charge in [-0.3, -0.25) is 9.59 Å². The lowest BCUT2D eigenvalue weighted by Gasteiger charge is -2.33. The van der Waals surface area contributed by atoms with Gasteiger partial charge in [0.05, 0.1) is 17.8 Å². The molecule has 0 aliphatic carbocycles. The van der Waals surface area contributed by atoms with Crippen molar-refractivity contribution in [2.24, 2.45) is 0 Å². The molecule has 1 atom stereocenters. The number of amides is 2. The Morgan fingerprint density at radius 3 is 2.52 bits per heavy atom. The molecule has 3 aromatic carbocycles. The number of nitrogens with zero attached hydrogens (tertiary/aromatic N) is 2. The van der Waals surface area contributed by atoms with Crippen molar-refractivity contribution in [2.45, 2.75) is 11.4 Å². The third kappa shape index (κ3) is 3.03. The van der Waals surface area contributed by atoms with Crippen LogP contribution in [-0.4, -0.2) is 29.0 Å². The number of carbonyl (C=O) groups is 2. The van der Waals surface area contributed by atoms with Gasteiger partial charge < -0.3 is 9.80 Å². The minimum atomic E-state index is -1.41. The maximum atomic E-state index is 14.4. The first kappa shape index (κ1) is 19.8. The topological polar surface area (TPSA) is 40.6 Å². The maximum absolute atomic E-state index is 14.4. The molecule has 0 radical (unpaired) electrons. The molecule has 2 amide bonds. The summed E-state index contributed by atoms with van der Waals surface area (Å²) in [5.41, 5.74) is 1.81. The lowest BCUT2D eigenvalue weighted by molar-refractivity contribution is -0.123. The zero-order chi connectivity index (χ0) is 21.6. The smallest absolute Gasteiger partial charge is 0.268 e. The Morgan fingerprint density at radius 1 is 1.00 bits per heavy atom. The molecule has 156 valence electrons. The molecule has 0 bridgehead atoms. The van der Waals surface area contributed by atoms with Crippen LogP contribution >= 0.6 is 11.8 Å². The molecule has 31 heavy (non-hydrogen) atoms. The first-order valence-electron chi connectivity index (χ1n) is 9.89. The van der Waals surface area contributed by atoms with Crippen molar-refractivity contribution in [3.05, 3.63) is 101 Å².